The highest BCUT2D eigenvalue weighted by Crippen LogP contribution is 2.14. The van der Waals surface area contributed by atoms with E-state index in [1.807, 2.05) is 27.7 Å². The van der Waals surface area contributed by atoms with Crippen LogP contribution < -0.4 is 0 Å². The summed E-state index contributed by atoms with van der Waals surface area (Å²) in [5.74, 6) is -1.22. The lowest BCUT2D eigenvalue weighted by molar-refractivity contribution is -0.0450. The van der Waals surface area contributed by atoms with E-state index in [2.05, 4.69) is 0 Å². The fourth-order valence-corrected chi connectivity index (χ4v) is 2.66. The first kappa shape index (κ1) is 28.0. The van der Waals surface area contributed by atoms with Crippen molar-refractivity contribution in [3.63, 3.8) is 0 Å². The number of benzene rings is 1. The summed E-state index contributed by atoms with van der Waals surface area (Å²) in [5, 5.41) is 0. The zero-order valence-electron chi connectivity index (χ0n) is 20.1. The van der Waals surface area contributed by atoms with E-state index in [-0.39, 0.29) is 36.5 Å². The molecule has 0 amide bonds. The summed E-state index contributed by atoms with van der Waals surface area (Å²) in [6.07, 6.45) is -1.21. The van der Waals surface area contributed by atoms with Crippen LogP contribution in [0.1, 0.15) is 62.3 Å². The Balaban J connectivity index is 2.60. The van der Waals surface area contributed by atoms with E-state index in [1.54, 1.807) is 26.0 Å². The fourth-order valence-electron chi connectivity index (χ4n) is 2.66. The van der Waals surface area contributed by atoms with E-state index in [0.29, 0.717) is 26.4 Å². The smallest absolute Gasteiger partial charge is 0.339 e. The zero-order chi connectivity index (χ0) is 23.9. The fraction of sp³-hybridized carbons (Fsp3) is 0.667. The van der Waals surface area contributed by atoms with Crippen LogP contribution in [0.4, 0.5) is 0 Å². The van der Waals surface area contributed by atoms with Gasteiger partial charge in [0.15, 0.2) is 0 Å². The van der Waals surface area contributed by atoms with Crippen LogP contribution in [0.2, 0.25) is 0 Å². The van der Waals surface area contributed by atoms with Gasteiger partial charge in [-0.05, 0) is 53.7 Å². The molecule has 0 bridgehead atoms. The molecule has 0 spiro atoms. The molecule has 1 aromatic rings. The molecule has 0 aliphatic rings. The first-order valence-corrected chi connectivity index (χ1v) is 11.2. The summed E-state index contributed by atoms with van der Waals surface area (Å²) in [6, 6.07) is 6.41. The van der Waals surface area contributed by atoms with Crippen molar-refractivity contribution in [3.05, 3.63) is 35.4 Å². The Morgan fingerprint density at radius 2 is 1.03 bits per heavy atom. The molecule has 0 saturated heterocycles. The number of rotatable bonds is 16. The molecular formula is C24H38O8. The van der Waals surface area contributed by atoms with Crippen molar-refractivity contribution in [3.8, 4) is 0 Å². The lowest BCUT2D eigenvalue weighted by atomic mass is 10.1. The largest absolute Gasteiger partial charge is 0.457 e. The third-order valence-electron chi connectivity index (χ3n) is 4.33. The predicted molar refractivity (Wildman–Crippen MR) is 120 cm³/mol. The van der Waals surface area contributed by atoms with Crippen molar-refractivity contribution in [1.29, 1.82) is 0 Å². The maximum Gasteiger partial charge on any atom is 0.339 e. The molecule has 8 heteroatoms. The minimum atomic E-state index is -0.611. The van der Waals surface area contributed by atoms with Gasteiger partial charge in [-0.15, -0.1) is 0 Å². The van der Waals surface area contributed by atoms with Gasteiger partial charge in [0.1, 0.15) is 12.2 Å². The summed E-state index contributed by atoms with van der Waals surface area (Å²) in [4.78, 5) is 25.3. The Morgan fingerprint density at radius 3 is 1.38 bits per heavy atom. The van der Waals surface area contributed by atoms with Crippen molar-refractivity contribution in [2.45, 2.75) is 66.0 Å². The van der Waals surface area contributed by atoms with Crippen LogP contribution >= 0.6 is 0 Å². The van der Waals surface area contributed by atoms with Gasteiger partial charge in [-0.25, -0.2) is 9.59 Å². The van der Waals surface area contributed by atoms with Gasteiger partial charge in [-0.1, -0.05) is 12.1 Å². The number of ether oxygens (including phenoxy) is 6. The first-order chi connectivity index (χ1) is 15.3. The molecule has 0 radical (unpaired) electrons. The Hall–Kier alpha value is -2.00. The summed E-state index contributed by atoms with van der Waals surface area (Å²) in [6.45, 7) is 13.7. The van der Waals surface area contributed by atoms with E-state index in [0.717, 1.165) is 0 Å². The number of esters is 2. The molecule has 0 heterocycles. The summed E-state index contributed by atoms with van der Waals surface area (Å²) in [5.41, 5.74) is 0.286. The summed E-state index contributed by atoms with van der Waals surface area (Å²) in [7, 11) is 0. The standard InChI is InChI=1S/C24H38O8/c1-7-27-13-17(3)29-15-19(5)31-23(25)21-11-9-10-12-22(21)24(26)32-20(6)16-30-18(4)14-28-8-2/h9-12,17-20H,7-8,13-16H2,1-6H3. The van der Waals surface area contributed by atoms with Gasteiger partial charge in [0, 0.05) is 13.2 Å². The van der Waals surface area contributed by atoms with Crippen molar-refractivity contribution < 1.29 is 38.0 Å². The molecule has 0 N–H and O–H groups in total. The second-order valence-corrected chi connectivity index (χ2v) is 7.58. The normalized spacial score (nSPS) is 14.9. The topological polar surface area (TPSA) is 89.5 Å². The van der Waals surface area contributed by atoms with Gasteiger partial charge in [-0.3, -0.25) is 0 Å². The Kier molecular flexibility index (Phi) is 13.8. The molecule has 0 aliphatic heterocycles. The second kappa shape index (κ2) is 15.7. The average Bonchev–Trinajstić information content (AvgIpc) is 2.78. The van der Waals surface area contributed by atoms with E-state index in [4.69, 9.17) is 28.4 Å². The van der Waals surface area contributed by atoms with Gasteiger partial charge in [0.2, 0.25) is 0 Å². The molecule has 0 saturated carbocycles. The molecule has 8 nitrogen and oxygen atoms in total. The lowest BCUT2D eigenvalue weighted by Gasteiger charge is -2.19. The molecule has 0 aliphatic carbocycles. The zero-order valence-corrected chi connectivity index (χ0v) is 20.1. The monoisotopic (exact) mass is 454 g/mol. The molecule has 32 heavy (non-hydrogen) atoms. The highest BCUT2D eigenvalue weighted by molar-refractivity contribution is 6.03. The van der Waals surface area contributed by atoms with Gasteiger partial charge in [0.05, 0.1) is 49.8 Å². The predicted octanol–water partition coefficient (Wildman–Crippen LogP) is 3.66. The molecule has 1 rings (SSSR count). The van der Waals surface area contributed by atoms with Crippen molar-refractivity contribution in [2.24, 2.45) is 0 Å². The summed E-state index contributed by atoms with van der Waals surface area (Å²) >= 11 is 0. The quantitative estimate of drug-likeness (QED) is 0.350. The first-order valence-electron chi connectivity index (χ1n) is 11.2. The maximum atomic E-state index is 12.6. The molecule has 1 aromatic carbocycles. The third kappa shape index (κ3) is 11.0. The Morgan fingerprint density at radius 1 is 0.656 bits per heavy atom. The molecule has 4 unspecified atom stereocenters. The highest BCUT2D eigenvalue weighted by Gasteiger charge is 2.22. The van der Waals surface area contributed by atoms with Crippen molar-refractivity contribution >= 4 is 11.9 Å². The number of carbonyl (C=O) groups is 2. The van der Waals surface area contributed by atoms with Gasteiger partial charge < -0.3 is 28.4 Å². The molecule has 4 atom stereocenters. The van der Waals surface area contributed by atoms with E-state index in [1.165, 1.54) is 12.1 Å². The number of hydrogen-bond acceptors (Lipinski definition) is 8. The Labute approximate surface area is 191 Å². The van der Waals surface area contributed by atoms with Crippen LogP contribution in [0.25, 0.3) is 0 Å². The Bertz CT molecular complexity index is 621. The van der Waals surface area contributed by atoms with Crippen LogP contribution in [-0.2, 0) is 28.4 Å². The van der Waals surface area contributed by atoms with Crippen LogP contribution in [0.5, 0.6) is 0 Å². The van der Waals surface area contributed by atoms with Crippen molar-refractivity contribution in [1.82, 2.24) is 0 Å². The SMILES string of the molecule is CCOCC(C)OCC(C)OC(=O)c1ccccc1C(=O)OC(C)COC(C)COCC. The molecule has 0 fully saturated rings. The van der Waals surface area contributed by atoms with E-state index in [9.17, 15) is 9.59 Å². The number of hydrogen-bond donors (Lipinski definition) is 0. The van der Waals surface area contributed by atoms with E-state index >= 15 is 0 Å². The van der Waals surface area contributed by atoms with E-state index < -0.39 is 24.1 Å². The second-order valence-electron chi connectivity index (χ2n) is 7.58. The van der Waals surface area contributed by atoms with Gasteiger partial charge in [-0.2, -0.15) is 0 Å². The van der Waals surface area contributed by atoms with Crippen molar-refractivity contribution in [2.75, 3.05) is 39.6 Å². The molecular weight excluding hydrogens is 416 g/mol. The third-order valence-corrected chi connectivity index (χ3v) is 4.33. The summed E-state index contributed by atoms with van der Waals surface area (Å²) < 4.78 is 32.8. The lowest BCUT2D eigenvalue weighted by Crippen LogP contribution is -2.27. The van der Waals surface area contributed by atoms with Crippen LogP contribution in [-0.4, -0.2) is 76.0 Å². The van der Waals surface area contributed by atoms with Gasteiger partial charge >= 0.3 is 11.9 Å². The van der Waals surface area contributed by atoms with Crippen LogP contribution in [0.3, 0.4) is 0 Å². The maximum absolute atomic E-state index is 12.6. The van der Waals surface area contributed by atoms with Gasteiger partial charge in [0.25, 0.3) is 0 Å². The molecule has 182 valence electrons. The average molecular weight is 455 g/mol. The minimum absolute atomic E-state index is 0.113. The molecule has 0 aromatic heterocycles. The van der Waals surface area contributed by atoms with Crippen LogP contribution in [0.15, 0.2) is 24.3 Å². The number of carbonyl (C=O) groups excluding carboxylic acids is 2. The minimum Gasteiger partial charge on any atom is -0.457 e. The highest BCUT2D eigenvalue weighted by atomic mass is 16.6. The van der Waals surface area contributed by atoms with Crippen LogP contribution in [0, 0.1) is 0 Å².